The predicted octanol–water partition coefficient (Wildman–Crippen LogP) is -0.768. The van der Waals surface area contributed by atoms with E-state index in [0.29, 0.717) is 32.5 Å². The number of nitrogens with one attached hydrogen (secondary N) is 1. The molecule has 134 valence electrons. The summed E-state index contributed by atoms with van der Waals surface area (Å²) in [7, 11) is 3.85. The maximum absolute atomic E-state index is 12.4. The number of carbonyl (C=O) groups excluding carboxylic acids is 1. The lowest BCUT2D eigenvalue weighted by Gasteiger charge is -2.30. The van der Waals surface area contributed by atoms with Gasteiger partial charge >= 0.3 is 5.69 Å². The largest absolute Gasteiger partial charge is 0.388 e. The first-order chi connectivity index (χ1) is 11.3. The van der Waals surface area contributed by atoms with Crippen LogP contribution >= 0.6 is 0 Å². The SMILES string of the molecule is CN(C)CC1(O)CCCN(C(=O)CCn2ccc(=O)[nH]c2=O)CC1. The minimum Gasteiger partial charge on any atom is -0.388 e. The highest BCUT2D eigenvalue weighted by molar-refractivity contribution is 5.76. The molecule has 1 saturated heterocycles. The molecular formula is C16H26N4O4. The average Bonchev–Trinajstić information content (AvgIpc) is 2.67. The summed E-state index contributed by atoms with van der Waals surface area (Å²) >= 11 is 0. The molecule has 8 nitrogen and oxygen atoms in total. The average molecular weight is 338 g/mol. The zero-order chi connectivity index (χ0) is 17.7. The fraction of sp³-hybridized carbons (Fsp3) is 0.688. The smallest absolute Gasteiger partial charge is 0.328 e. The Kier molecular flexibility index (Phi) is 5.95. The van der Waals surface area contributed by atoms with Gasteiger partial charge in [-0.05, 0) is 33.4 Å². The van der Waals surface area contributed by atoms with Gasteiger partial charge in [0.25, 0.3) is 5.56 Å². The van der Waals surface area contributed by atoms with Crippen LogP contribution in [0.3, 0.4) is 0 Å². The Morgan fingerprint density at radius 2 is 2.08 bits per heavy atom. The number of hydrogen-bond donors (Lipinski definition) is 2. The van der Waals surface area contributed by atoms with E-state index in [4.69, 9.17) is 0 Å². The first kappa shape index (κ1) is 18.4. The molecule has 8 heteroatoms. The van der Waals surface area contributed by atoms with Gasteiger partial charge in [0, 0.05) is 44.9 Å². The van der Waals surface area contributed by atoms with Crippen LogP contribution in [0.15, 0.2) is 21.9 Å². The molecule has 1 aromatic rings. The van der Waals surface area contributed by atoms with Crippen LogP contribution in [0, 0.1) is 0 Å². The molecule has 0 aromatic carbocycles. The van der Waals surface area contributed by atoms with Gasteiger partial charge in [0.2, 0.25) is 5.91 Å². The Morgan fingerprint density at radius 3 is 2.75 bits per heavy atom. The first-order valence-electron chi connectivity index (χ1n) is 8.24. The molecule has 1 amide bonds. The van der Waals surface area contributed by atoms with Crippen LogP contribution in [0.2, 0.25) is 0 Å². The van der Waals surface area contributed by atoms with Crippen LogP contribution in [-0.2, 0) is 11.3 Å². The van der Waals surface area contributed by atoms with Crippen LogP contribution in [0.1, 0.15) is 25.7 Å². The molecule has 1 aromatic heterocycles. The highest BCUT2D eigenvalue weighted by atomic mass is 16.3. The van der Waals surface area contributed by atoms with Crippen LogP contribution in [0.4, 0.5) is 0 Å². The number of likely N-dealkylation sites (tertiary alicyclic amines) is 1. The summed E-state index contributed by atoms with van der Waals surface area (Å²) in [6, 6.07) is 1.26. The van der Waals surface area contributed by atoms with Crippen molar-refractivity contribution in [1.82, 2.24) is 19.4 Å². The second-order valence-electron chi connectivity index (χ2n) is 6.75. The number of aryl methyl sites for hydroxylation is 1. The second kappa shape index (κ2) is 7.76. The van der Waals surface area contributed by atoms with E-state index < -0.39 is 16.9 Å². The molecule has 1 unspecified atom stereocenters. The van der Waals surface area contributed by atoms with Gasteiger partial charge in [-0.2, -0.15) is 0 Å². The molecule has 2 N–H and O–H groups in total. The van der Waals surface area contributed by atoms with Gasteiger partial charge < -0.3 is 19.5 Å². The summed E-state index contributed by atoms with van der Waals surface area (Å²) in [6.07, 6.45) is 3.57. The fourth-order valence-electron chi connectivity index (χ4n) is 3.17. The van der Waals surface area contributed by atoms with E-state index in [1.54, 1.807) is 4.90 Å². The zero-order valence-corrected chi connectivity index (χ0v) is 14.3. The molecule has 0 aliphatic carbocycles. The molecule has 0 bridgehead atoms. The molecule has 1 aliphatic heterocycles. The van der Waals surface area contributed by atoms with Crippen LogP contribution in [-0.4, -0.2) is 69.7 Å². The summed E-state index contributed by atoms with van der Waals surface area (Å²) in [6.45, 7) is 1.95. The highest BCUT2D eigenvalue weighted by Crippen LogP contribution is 2.23. The normalized spacial score (nSPS) is 21.8. The first-order valence-corrected chi connectivity index (χ1v) is 8.24. The number of nitrogens with zero attached hydrogens (tertiary/aromatic N) is 3. The number of likely N-dealkylation sites (N-methyl/N-ethyl adjacent to an activating group) is 1. The summed E-state index contributed by atoms with van der Waals surface area (Å²) < 4.78 is 1.32. The Bertz CT molecular complexity index is 681. The molecule has 2 rings (SSSR count). The Balaban J connectivity index is 1.91. The Morgan fingerprint density at radius 1 is 1.33 bits per heavy atom. The van der Waals surface area contributed by atoms with E-state index in [1.165, 1.54) is 16.8 Å². The number of H-pyrrole nitrogens is 1. The Hall–Kier alpha value is -1.93. The van der Waals surface area contributed by atoms with Crippen molar-refractivity contribution in [3.05, 3.63) is 33.1 Å². The number of aliphatic hydroxyl groups is 1. The maximum atomic E-state index is 12.4. The summed E-state index contributed by atoms with van der Waals surface area (Å²) in [5, 5.41) is 10.6. The molecule has 24 heavy (non-hydrogen) atoms. The molecule has 0 saturated carbocycles. The lowest BCUT2D eigenvalue weighted by molar-refractivity contribution is -0.131. The molecule has 0 radical (unpaired) electrons. The highest BCUT2D eigenvalue weighted by Gasteiger charge is 2.31. The van der Waals surface area contributed by atoms with Gasteiger partial charge in [-0.25, -0.2) is 4.79 Å². The van der Waals surface area contributed by atoms with E-state index in [1.807, 2.05) is 19.0 Å². The number of hydrogen-bond acceptors (Lipinski definition) is 5. The van der Waals surface area contributed by atoms with Gasteiger partial charge in [0.1, 0.15) is 0 Å². The van der Waals surface area contributed by atoms with Crippen molar-refractivity contribution in [1.29, 1.82) is 0 Å². The van der Waals surface area contributed by atoms with Crippen LogP contribution in [0.5, 0.6) is 0 Å². The molecule has 1 atom stereocenters. The standard InChI is InChI=1S/C16H26N4O4/c1-18(2)12-16(24)6-3-8-19(11-7-16)14(22)5-10-20-9-4-13(21)17-15(20)23/h4,9,24H,3,5-8,10-12H2,1-2H3,(H,17,21,23). The maximum Gasteiger partial charge on any atom is 0.328 e. The topological polar surface area (TPSA) is 98.6 Å². The third kappa shape index (κ3) is 5.04. The molecule has 1 fully saturated rings. The number of amides is 1. The van der Waals surface area contributed by atoms with Crippen molar-refractivity contribution in [2.24, 2.45) is 0 Å². The summed E-state index contributed by atoms with van der Waals surface area (Å²) in [4.78, 5) is 40.9. The number of aromatic amines is 1. The van der Waals surface area contributed by atoms with Crippen molar-refractivity contribution in [3.8, 4) is 0 Å². The monoisotopic (exact) mass is 338 g/mol. The van der Waals surface area contributed by atoms with Gasteiger partial charge in [-0.3, -0.25) is 14.6 Å². The van der Waals surface area contributed by atoms with Crippen molar-refractivity contribution in [2.75, 3.05) is 33.7 Å². The Labute approximate surface area is 140 Å². The summed E-state index contributed by atoms with van der Waals surface area (Å²) in [5.74, 6) is -0.0396. The minimum atomic E-state index is -0.756. The van der Waals surface area contributed by atoms with Gasteiger partial charge in [0.05, 0.1) is 5.60 Å². The lowest BCUT2D eigenvalue weighted by atomic mass is 9.94. The zero-order valence-electron chi connectivity index (χ0n) is 14.3. The lowest BCUT2D eigenvalue weighted by Crippen LogP contribution is -2.41. The summed E-state index contributed by atoms with van der Waals surface area (Å²) in [5.41, 5.74) is -1.71. The van der Waals surface area contributed by atoms with E-state index in [-0.39, 0.29) is 18.9 Å². The van der Waals surface area contributed by atoms with E-state index in [2.05, 4.69) is 4.98 Å². The van der Waals surface area contributed by atoms with Crippen LogP contribution in [0.25, 0.3) is 0 Å². The van der Waals surface area contributed by atoms with E-state index in [0.717, 1.165) is 6.42 Å². The third-order valence-corrected chi connectivity index (χ3v) is 4.34. The molecule has 2 heterocycles. The molecular weight excluding hydrogens is 312 g/mol. The third-order valence-electron chi connectivity index (χ3n) is 4.34. The molecule has 1 aliphatic rings. The quantitative estimate of drug-likeness (QED) is 0.735. The van der Waals surface area contributed by atoms with Gasteiger partial charge in [-0.1, -0.05) is 0 Å². The number of carbonyl (C=O) groups is 1. The van der Waals surface area contributed by atoms with Crippen LogP contribution < -0.4 is 11.2 Å². The van der Waals surface area contributed by atoms with Crippen molar-refractivity contribution >= 4 is 5.91 Å². The minimum absolute atomic E-state index is 0.0396. The van der Waals surface area contributed by atoms with E-state index in [9.17, 15) is 19.5 Å². The number of aromatic nitrogens is 2. The second-order valence-corrected chi connectivity index (χ2v) is 6.75. The van der Waals surface area contributed by atoms with Gasteiger partial charge in [-0.15, -0.1) is 0 Å². The van der Waals surface area contributed by atoms with Crippen molar-refractivity contribution in [2.45, 2.75) is 37.8 Å². The number of rotatable bonds is 5. The fourth-order valence-corrected chi connectivity index (χ4v) is 3.17. The van der Waals surface area contributed by atoms with Crippen molar-refractivity contribution < 1.29 is 9.90 Å². The van der Waals surface area contributed by atoms with Gasteiger partial charge in [0.15, 0.2) is 0 Å². The van der Waals surface area contributed by atoms with Crippen molar-refractivity contribution in [3.63, 3.8) is 0 Å². The molecule has 0 spiro atoms. The predicted molar refractivity (Wildman–Crippen MR) is 89.9 cm³/mol. The van der Waals surface area contributed by atoms with E-state index >= 15 is 0 Å².